The molecule has 3 heterocycles. The smallest absolute Gasteiger partial charge is 0.340 e. The van der Waals surface area contributed by atoms with Gasteiger partial charge >= 0.3 is 5.97 Å². The van der Waals surface area contributed by atoms with E-state index in [4.69, 9.17) is 15.2 Å². The molecule has 0 aliphatic carbocycles. The third kappa shape index (κ3) is 2.77. The van der Waals surface area contributed by atoms with Crippen LogP contribution in [0, 0.1) is 6.92 Å². The van der Waals surface area contributed by atoms with Crippen molar-refractivity contribution in [3.8, 4) is 5.75 Å². The highest BCUT2D eigenvalue weighted by molar-refractivity contribution is 5.92. The van der Waals surface area contributed by atoms with E-state index in [1.807, 2.05) is 0 Å². The monoisotopic (exact) mass is 341 g/mol. The molecule has 2 aromatic heterocycles. The maximum atomic E-state index is 12.9. The van der Waals surface area contributed by atoms with Gasteiger partial charge in [-0.3, -0.25) is 9.78 Å². The lowest BCUT2D eigenvalue weighted by Crippen LogP contribution is -2.34. The van der Waals surface area contributed by atoms with Gasteiger partial charge in [0.05, 0.1) is 18.1 Å². The number of fused-ring (bicyclic) bond motifs is 1. The highest BCUT2D eigenvalue weighted by Crippen LogP contribution is 2.40. The van der Waals surface area contributed by atoms with Crippen molar-refractivity contribution in [2.24, 2.45) is 12.8 Å². The summed E-state index contributed by atoms with van der Waals surface area (Å²) >= 11 is 0. The number of nitrogens with two attached hydrogens (primary N) is 1. The second kappa shape index (κ2) is 6.43. The van der Waals surface area contributed by atoms with Crippen molar-refractivity contribution in [2.75, 3.05) is 6.61 Å². The largest absolute Gasteiger partial charge is 0.462 e. The van der Waals surface area contributed by atoms with Crippen LogP contribution in [0.2, 0.25) is 0 Å². The van der Waals surface area contributed by atoms with Gasteiger partial charge in [-0.05, 0) is 31.5 Å². The predicted octanol–water partition coefficient (Wildman–Crippen LogP) is 1.35. The molecule has 0 spiro atoms. The van der Waals surface area contributed by atoms with Crippen molar-refractivity contribution in [2.45, 2.75) is 19.8 Å². The summed E-state index contributed by atoms with van der Waals surface area (Å²) in [5.41, 5.74) is 7.70. The molecule has 3 rings (SSSR count). The Morgan fingerprint density at radius 2 is 2.08 bits per heavy atom. The highest BCUT2D eigenvalue weighted by atomic mass is 16.5. The number of aryl methyl sites for hydroxylation is 1. The van der Waals surface area contributed by atoms with Gasteiger partial charge in [0, 0.05) is 31.2 Å². The van der Waals surface area contributed by atoms with Crippen LogP contribution in [0.1, 0.15) is 29.7 Å². The minimum absolute atomic E-state index is 0.0552. The Labute approximate surface area is 144 Å². The van der Waals surface area contributed by atoms with Crippen LogP contribution in [-0.4, -0.2) is 22.1 Å². The molecular formula is C18H19N3O4. The standard InChI is InChI=1S/C18H19N3O4/c1-4-24-18(23)15-13(11-5-7-20-8-6-11)14-12(25-16(15)19)9-10(2)21(3)17(14)22/h5-9,13H,4,19H2,1-3H3/t13-/m1/s1. The van der Waals surface area contributed by atoms with E-state index in [0.717, 1.165) is 5.69 Å². The lowest BCUT2D eigenvalue weighted by molar-refractivity contribution is -0.139. The Kier molecular flexibility index (Phi) is 4.31. The first-order chi connectivity index (χ1) is 12.0. The lowest BCUT2D eigenvalue weighted by Gasteiger charge is -2.28. The van der Waals surface area contributed by atoms with Crippen LogP contribution in [0.25, 0.3) is 0 Å². The lowest BCUT2D eigenvalue weighted by atomic mass is 9.84. The number of carbonyl (C=O) groups excluding carboxylic acids is 1. The topological polar surface area (TPSA) is 96.4 Å². The zero-order valence-corrected chi connectivity index (χ0v) is 14.3. The minimum atomic E-state index is -0.676. The molecule has 0 bridgehead atoms. The Morgan fingerprint density at radius 3 is 2.72 bits per heavy atom. The molecular weight excluding hydrogens is 322 g/mol. The summed E-state index contributed by atoms with van der Waals surface area (Å²) in [6.07, 6.45) is 3.20. The number of ether oxygens (including phenoxy) is 2. The maximum absolute atomic E-state index is 12.9. The molecule has 1 atom stereocenters. The van der Waals surface area contributed by atoms with E-state index in [9.17, 15) is 9.59 Å². The minimum Gasteiger partial charge on any atom is -0.462 e. The molecule has 2 aromatic rings. The van der Waals surface area contributed by atoms with Crippen molar-refractivity contribution < 1.29 is 14.3 Å². The van der Waals surface area contributed by atoms with Gasteiger partial charge in [-0.15, -0.1) is 0 Å². The van der Waals surface area contributed by atoms with Crippen molar-refractivity contribution in [3.05, 3.63) is 69.2 Å². The molecule has 0 radical (unpaired) electrons. The van der Waals surface area contributed by atoms with Crippen molar-refractivity contribution in [1.82, 2.24) is 9.55 Å². The Balaban J connectivity index is 2.30. The second-order valence-corrected chi connectivity index (χ2v) is 5.74. The van der Waals surface area contributed by atoms with Gasteiger partial charge in [0.15, 0.2) is 0 Å². The van der Waals surface area contributed by atoms with Crippen LogP contribution in [0.15, 0.2) is 46.8 Å². The van der Waals surface area contributed by atoms with Gasteiger partial charge in [0.2, 0.25) is 5.88 Å². The number of nitrogens with zero attached hydrogens (tertiary/aromatic N) is 2. The molecule has 0 aromatic carbocycles. The first-order valence-electron chi connectivity index (χ1n) is 7.90. The molecule has 0 unspecified atom stereocenters. The number of rotatable bonds is 3. The Bertz CT molecular complexity index is 916. The van der Waals surface area contributed by atoms with E-state index in [1.165, 1.54) is 4.57 Å². The summed E-state index contributed by atoms with van der Waals surface area (Å²) in [5.74, 6) is -0.978. The van der Waals surface area contributed by atoms with E-state index in [0.29, 0.717) is 16.9 Å². The summed E-state index contributed by atoms with van der Waals surface area (Å²) in [5, 5.41) is 0. The molecule has 1 aliphatic rings. The molecule has 7 nitrogen and oxygen atoms in total. The molecule has 25 heavy (non-hydrogen) atoms. The molecule has 1 aliphatic heterocycles. The van der Waals surface area contributed by atoms with Crippen LogP contribution >= 0.6 is 0 Å². The quantitative estimate of drug-likeness (QED) is 0.847. The molecule has 0 saturated heterocycles. The van der Waals surface area contributed by atoms with Gasteiger partial charge in [-0.1, -0.05) is 0 Å². The number of esters is 1. The van der Waals surface area contributed by atoms with E-state index in [1.54, 1.807) is 51.5 Å². The van der Waals surface area contributed by atoms with Gasteiger partial charge < -0.3 is 19.8 Å². The molecule has 130 valence electrons. The zero-order valence-electron chi connectivity index (χ0n) is 14.3. The fraction of sp³-hybridized carbons (Fsp3) is 0.278. The molecule has 0 saturated carbocycles. The van der Waals surface area contributed by atoms with Crippen LogP contribution in [0.5, 0.6) is 5.75 Å². The van der Waals surface area contributed by atoms with Gasteiger partial charge in [-0.2, -0.15) is 0 Å². The summed E-state index contributed by atoms with van der Waals surface area (Å²) in [4.78, 5) is 29.4. The number of hydrogen-bond acceptors (Lipinski definition) is 6. The SMILES string of the molecule is CCOC(=O)C1=C(N)Oc2cc(C)n(C)c(=O)c2[C@H]1c1ccncc1. The summed E-state index contributed by atoms with van der Waals surface area (Å²) in [6.45, 7) is 3.70. The van der Waals surface area contributed by atoms with E-state index < -0.39 is 11.9 Å². The Morgan fingerprint density at radius 1 is 1.40 bits per heavy atom. The second-order valence-electron chi connectivity index (χ2n) is 5.74. The number of hydrogen-bond donors (Lipinski definition) is 1. The molecule has 7 heteroatoms. The first-order valence-corrected chi connectivity index (χ1v) is 7.90. The summed E-state index contributed by atoms with van der Waals surface area (Å²) < 4.78 is 12.3. The average Bonchev–Trinajstić information content (AvgIpc) is 2.59. The third-order valence-electron chi connectivity index (χ3n) is 4.27. The number of pyridine rings is 2. The third-order valence-corrected chi connectivity index (χ3v) is 4.27. The van der Waals surface area contributed by atoms with E-state index in [2.05, 4.69) is 4.98 Å². The first kappa shape index (κ1) is 16.8. The molecule has 0 fully saturated rings. The zero-order chi connectivity index (χ0) is 18.1. The van der Waals surface area contributed by atoms with Crippen molar-refractivity contribution in [3.63, 3.8) is 0 Å². The predicted molar refractivity (Wildman–Crippen MR) is 91.0 cm³/mol. The number of aromatic nitrogens is 2. The molecule has 0 amide bonds. The van der Waals surface area contributed by atoms with Crippen molar-refractivity contribution >= 4 is 5.97 Å². The van der Waals surface area contributed by atoms with Gasteiger partial charge in [-0.25, -0.2) is 4.79 Å². The van der Waals surface area contributed by atoms with Gasteiger partial charge in [0.1, 0.15) is 11.3 Å². The van der Waals surface area contributed by atoms with Crippen LogP contribution in [0.4, 0.5) is 0 Å². The van der Waals surface area contributed by atoms with E-state index in [-0.39, 0.29) is 23.6 Å². The average molecular weight is 341 g/mol. The number of carbonyl (C=O) groups is 1. The fourth-order valence-electron chi connectivity index (χ4n) is 2.94. The van der Waals surface area contributed by atoms with Crippen LogP contribution in [-0.2, 0) is 16.6 Å². The van der Waals surface area contributed by atoms with E-state index >= 15 is 0 Å². The summed E-state index contributed by atoms with van der Waals surface area (Å²) in [6, 6.07) is 5.22. The van der Waals surface area contributed by atoms with Crippen LogP contribution < -0.4 is 16.0 Å². The van der Waals surface area contributed by atoms with Crippen LogP contribution in [0.3, 0.4) is 0 Å². The normalized spacial score (nSPS) is 16.2. The van der Waals surface area contributed by atoms with Crippen molar-refractivity contribution in [1.29, 1.82) is 0 Å². The molecule has 2 N–H and O–H groups in total. The Hall–Kier alpha value is -3.09. The maximum Gasteiger partial charge on any atom is 0.340 e. The fourth-order valence-corrected chi connectivity index (χ4v) is 2.94. The highest BCUT2D eigenvalue weighted by Gasteiger charge is 2.38. The summed E-state index contributed by atoms with van der Waals surface area (Å²) in [7, 11) is 1.67. The van der Waals surface area contributed by atoms with Gasteiger partial charge in [0.25, 0.3) is 5.56 Å².